The van der Waals surface area contributed by atoms with Crippen molar-refractivity contribution in [3.63, 3.8) is 0 Å². The lowest BCUT2D eigenvalue weighted by Crippen LogP contribution is -2.45. The van der Waals surface area contributed by atoms with Gasteiger partial charge in [-0.25, -0.2) is 0 Å². The van der Waals surface area contributed by atoms with Gasteiger partial charge in [-0.3, -0.25) is 4.79 Å². The lowest BCUT2D eigenvalue weighted by molar-refractivity contribution is -0.123. The smallest absolute Gasteiger partial charge is 0.220 e. The van der Waals surface area contributed by atoms with Crippen LogP contribution in [0.4, 0.5) is 0 Å². The van der Waals surface area contributed by atoms with Gasteiger partial charge in [-0.2, -0.15) is 0 Å². The van der Waals surface area contributed by atoms with Crippen LogP contribution >= 0.6 is 0 Å². The second-order valence-electron chi connectivity index (χ2n) is 16.5. The number of unbranched alkanes of at least 4 members (excludes halogenated alkanes) is 31. The van der Waals surface area contributed by atoms with Crippen molar-refractivity contribution in [3.8, 4) is 0 Å². The summed E-state index contributed by atoms with van der Waals surface area (Å²) >= 11 is 0. The Balaban J connectivity index is 3.57. The molecular weight excluding hydrogens is 675 g/mol. The summed E-state index contributed by atoms with van der Waals surface area (Å²) in [4.78, 5) is 12.4. The zero-order valence-corrected chi connectivity index (χ0v) is 36.9. The number of carbonyl (C=O) groups is 1. The maximum atomic E-state index is 12.4. The van der Waals surface area contributed by atoms with Crippen molar-refractivity contribution in [2.24, 2.45) is 0 Å². The Morgan fingerprint density at radius 2 is 0.709 bits per heavy atom. The van der Waals surface area contributed by atoms with E-state index in [1.165, 1.54) is 193 Å². The molecule has 0 aromatic rings. The standard InChI is InChI=1S/C51H95NO3/c1-3-5-7-9-11-13-15-17-19-21-22-23-24-25-26-27-28-29-31-33-35-37-39-41-43-45-47-51(55)52-49(48-53)50(54)46-44-42-40-38-36-34-32-30-20-18-16-14-12-10-8-6-4-2/h20,25-26,30,36,38,44,46,49-50,53-54H,3-19,21-24,27-29,31-35,37,39-43,45,47-48H2,1-2H3,(H,52,55)/b26-25-,30-20+,38-36+,46-44+. The molecule has 0 radical (unpaired) electrons. The minimum Gasteiger partial charge on any atom is -0.394 e. The Morgan fingerprint density at radius 1 is 0.418 bits per heavy atom. The van der Waals surface area contributed by atoms with Gasteiger partial charge in [-0.05, 0) is 70.6 Å². The van der Waals surface area contributed by atoms with E-state index in [-0.39, 0.29) is 12.5 Å². The molecule has 3 N–H and O–H groups in total. The Hall–Kier alpha value is -1.65. The van der Waals surface area contributed by atoms with Crippen LogP contribution in [-0.4, -0.2) is 34.9 Å². The van der Waals surface area contributed by atoms with Gasteiger partial charge in [0, 0.05) is 6.42 Å². The fourth-order valence-electron chi connectivity index (χ4n) is 7.26. The second-order valence-corrected chi connectivity index (χ2v) is 16.5. The van der Waals surface area contributed by atoms with Crippen molar-refractivity contribution in [1.29, 1.82) is 0 Å². The zero-order valence-electron chi connectivity index (χ0n) is 36.9. The fraction of sp³-hybridized carbons (Fsp3) is 0.824. The van der Waals surface area contributed by atoms with Crippen LogP contribution in [-0.2, 0) is 4.79 Å². The molecule has 0 rings (SSSR count). The topological polar surface area (TPSA) is 69.6 Å². The number of hydrogen-bond acceptors (Lipinski definition) is 3. The van der Waals surface area contributed by atoms with Gasteiger partial charge in [-0.15, -0.1) is 0 Å². The van der Waals surface area contributed by atoms with Crippen LogP contribution in [0.25, 0.3) is 0 Å². The van der Waals surface area contributed by atoms with Crippen LogP contribution < -0.4 is 5.32 Å². The van der Waals surface area contributed by atoms with Crippen molar-refractivity contribution in [3.05, 3.63) is 48.6 Å². The van der Waals surface area contributed by atoms with E-state index in [2.05, 4.69) is 55.6 Å². The third kappa shape index (κ3) is 43.3. The van der Waals surface area contributed by atoms with Crippen LogP contribution in [0.15, 0.2) is 48.6 Å². The largest absolute Gasteiger partial charge is 0.394 e. The molecule has 0 saturated heterocycles. The number of carbonyl (C=O) groups excluding carboxylic acids is 1. The van der Waals surface area contributed by atoms with Gasteiger partial charge in [0.1, 0.15) is 0 Å². The van der Waals surface area contributed by atoms with Gasteiger partial charge in [0.05, 0.1) is 18.8 Å². The molecule has 0 aromatic carbocycles. The number of allylic oxidation sites excluding steroid dienone is 7. The van der Waals surface area contributed by atoms with Gasteiger partial charge in [0.15, 0.2) is 0 Å². The van der Waals surface area contributed by atoms with Crippen molar-refractivity contribution in [1.82, 2.24) is 5.32 Å². The molecule has 4 nitrogen and oxygen atoms in total. The van der Waals surface area contributed by atoms with E-state index in [1.54, 1.807) is 6.08 Å². The molecule has 322 valence electrons. The molecule has 1 amide bonds. The van der Waals surface area contributed by atoms with Crippen LogP contribution in [0.1, 0.15) is 251 Å². The van der Waals surface area contributed by atoms with Crippen LogP contribution in [0.3, 0.4) is 0 Å². The highest BCUT2D eigenvalue weighted by atomic mass is 16.3. The summed E-state index contributed by atoms with van der Waals surface area (Å²) in [6.45, 7) is 4.30. The normalized spacial score (nSPS) is 13.3. The van der Waals surface area contributed by atoms with E-state index in [4.69, 9.17) is 0 Å². The first-order valence-corrected chi connectivity index (χ1v) is 24.4. The average molecular weight is 770 g/mol. The van der Waals surface area contributed by atoms with Gasteiger partial charge in [-0.1, -0.05) is 223 Å². The van der Waals surface area contributed by atoms with Crippen LogP contribution in [0.5, 0.6) is 0 Å². The number of aliphatic hydroxyl groups excluding tert-OH is 2. The summed E-state index contributed by atoms with van der Waals surface area (Å²) in [6, 6.07) is -0.646. The number of aliphatic hydroxyl groups is 2. The molecule has 0 spiro atoms. The van der Waals surface area contributed by atoms with Crippen molar-refractivity contribution >= 4 is 5.91 Å². The van der Waals surface area contributed by atoms with Crippen molar-refractivity contribution in [2.45, 2.75) is 264 Å². The Kier molecular flexibility index (Phi) is 45.3. The van der Waals surface area contributed by atoms with E-state index in [1.807, 2.05) is 6.08 Å². The maximum Gasteiger partial charge on any atom is 0.220 e. The predicted octanol–water partition coefficient (Wildman–Crippen LogP) is 15.5. The molecule has 4 heteroatoms. The van der Waals surface area contributed by atoms with Gasteiger partial charge in [0.2, 0.25) is 5.91 Å². The molecule has 0 bridgehead atoms. The first-order valence-electron chi connectivity index (χ1n) is 24.4. The fourth-order valence-corrected chi connectivity index (χ4v) is 7.26. The Labute approximate surface area is 344 Å². The number of hydrogen-bond donors (Lipinski definition) is 3. The highest BCUT2D eigenvalue weighted by Crippen LogP contribution is 2.15. The summed E-state index contributed by atoms with van der Waals surface area (Å²) in [5, 5.41) is 23.0. The molecule has 0 fully saturated rings. The predicted molar refractivity (Wildman–Crippen MR) is 244 cm³/mol. The van der Waals surface area contributed by atoms with E-state index < -0.39 is 12.1 Å². The van der Waals surface area contributed by atoms with Gasteiger partial charge in [0.25, 0.3) is 0 Å². The first kappa shape index (κ1) is 53.4. The van der Waals surface area contributed by atoms with E-state index >= 15 is 0 Å². The minimum absolute atomic E-state index is 0.0786. The minimum atomic E-state index is -0.871. The lowest BCUT2D eigenvalue weighted by atomic mass is 10.0. The molecule has 0 saturated carbocycles. The summed E-state index contributed by atoms with van der Waals surface area (Å²) in [5.74, 6) is -0.0786. The second kappa shape index (κ2) is 46.7. The molecule has 2 atom stereocenters. The summed E-state index contributed by atoms with van der Waals surface area (Å²) in [7, 11) is 0. The third-order valence-electron chi connectivity index (χ3n) is 11.0. The van der Waals surface area contributed by atoms with Gasteiger partial charge < -0.3 is 15.5 Å². The van der Waals surface area contributed by atoms with Crippen LogP contribution in [0.2, 0.25) is 0 Å². The molecular formula is C51H95NO3. The van der Waals surface area contributed by atoms with Crippen molar-refractivity contribution in [2.75, 3.05) is 6.61 Å². The molecule has 0 aliphatic heterocycles. The number of rotatable bonds is 44. The Morgan fingerprint density at radius 3 is 1.05 bits per heavy atom. The average Bonchev–Trinajstić information content (AvgIpc) is 3.19. The molecule has 2 unspecified atom stereocenters. The highest BCUT2D eigenvalue weighted by Gasteiger charge is 2.17. The molecule has 0 heterocycles. The maximum absolute atomic E-state index is 12.4. The zero-order chi connectivity index (χ0) is 40.0. The van der Waals surface area contributed by atoms with E-state index in [9.17, 15) is 15.0 Å². The molecule has 0 aromatic heterocycles. The summed E-state index contributed by atoms with van der Waals surface area (Å²) in [5.41, 5.74) is 0. The molecule has 0 aliphatic rings. The number of amides is 1. The van der Waals surface area contributed by atoms with Crippen LogP contribution in [0, 0.1) is 0 Å². The van der Waals surface area contributed by atoms with E-state index in [0.29, 0.717) is 6.42 Å². The molecule has 0 aliphatic carbocycles. The Bertz CT molecular complexity index is 877. The lowest BCUT2D eigenvalue weighted by Gasteiger charge is -2.19. The summed E-state index contributed by atoms with van der Waals surface area (Å²) in [6.07, 6.45) is 63.8. The summed E-state index contributed by atoms with van der Waals surface area (Å²) < 4.78 is 0. The molecule has 55 heavy (non-hydrogen) atoms. The number of nitrogens with one attached hydrogen (secondary N) is 1. The van der Waals surface area contributed by atoms with Gasteiger partial charge >= 0.3 is 0 Å². The quantitative estimate of drug-likeness (QED) is 0.0427. The first-order chi connectivity index (χ1) is 27.2. The van der Waals surface area contributed by atoms with Crippen molar-refractivity contribution < 1.29 is 15.0 Å². The highest BCUT2D eigenvalue weighted by molar-refractivity contribution is 5.76. The monoisotopic (exact) mass is 770 g/mol. The van der Waals surface area contributed by atoms with E-state index in [0.717, 1.165) is 38.5 Å². The SMILES string of the molecule is CCCCCCCCC/C=C/CC/C=C/CC/C=C/C(O)C(CO)NC(=O)CCCCCCCCCCCC/C=C\CCCCCCCCCCCCCC. The third-order valence-corrected chi connectivity index (χ3v) is 11.0.